The Labute approximate surface area is 178 Å². The van der Waals surface area contributed by atoms with E-state index in [1.165, 1.54) is 5.56 Å². The van der Waals surface area contributed by atoms with Crippen molar-refractivity contribution >= 4 is 17.6 Å². The lowest BCUT2D eigenvalue weighted by Crippen LogP contribution is -2.17. The number of ether oxygens (including phenoxy) is 2. The number of rotatable bonds is 7. The Hall–Kier alpha value is -3.59. The number of anilines is 2. The van der Waals surface area contributed by atoms with Crippen molar-refractivity contribution in [2.45, 2.75) is 19.4 Å². The van der Waals surface area contributed by atoms with E-state index in [9.17, 15) is 4.79 Å². The summed E-state index contributed by atoms with van der Waals surface area (Å²) in [6, 6.07) is 11.8. The van der Waals surface area contributed by atoms with Crippen LogP contribution >= 0.6 is 0 Å². The topological polar surface area (TPSA) is 110 Å². The highest BCUT2D eigenvalue weighted by molar-refractivity contribution is 5.68. The number of benzene rings is 2. The molecule has 0 aliphatic carbocycles. The third-order valence-corrected chi connectivity index (χ3v) is 5.33. The highest BCUT2D eigenvalue weighted by atomic mass is 16.6. The van der Waals surface area contributed by atoms with E-state index in [1.54, 1.807) is 0 Å². The average molecular weight is 422 g/mol. The summed E-state index contributed by atoms with van der Waals surface area (Å²) in [5, 5.41) is 16.1. The largest absolute Gasteiger partial charge is 0.486 e. The lowest BCUT2D eigenvalue weighted by molar-refractivity contribution is -0.136. The molecule has 2 N–H and O–H groups in total. The Kier molecular flexibility index (Phi) is 5.17. The molecule has 3 heterocycles. The maximum atomic E-state index is 10.6. The van der Waals surface area contributed by atoms with E-state index < -0.39 is 5.97 Å². The van der Waals surface area contributed by atoms with E-state index in [1.807, 2.05) is 29.2 Å². The van der Waals surface area contributed by atoms with Gasteiger partial charge in [0.2, 0.25) is 0 Å². The van der Waals surface area contributed by atoms with E-state index in [0.717, 1.165) is 35.5 Å². The molecule has 2 aliphatic heterocycles. The van der Waals surface area contributed by atoms with Gasteiger partial charge < -0.3 is 29.3 Å². The van der Waals surface area contributed by atoms with Gasteiger partial charge in [0.15, 0.2) is 11.5 Å². The molecule has 0 radical (unpaired) electrons. The fraction of sp³-hybridized carbons (Fsp3) is 0.318. The number of aliphatic carboxylic acids is 1. The summed E-state index contributed by atoms with van der Waals surface area (Å²) < 4.78 is 16.7. The zero-order valence-corrected chi connectivity index (χ0v) is 16.8. The number of carbonyl (C=O) groups is 1. The van der Waals surface area contributed by atoms with Crippen LogP contribution in [0.3, 0.4) is 0 Å². The molecule has 9 nitrogen and oxygen atoms in total. The second kappa shape index (κ2) is 8.27. The Balaban J connectivity index is 1.30. The van der Waals surface area contributed by atoms with Gasteiger partial charge in [0, 0.05) is 30.9 Å². The molecule has 0 spiro atoms. The molecule has 1 aromatic heterocycles. The van der Waals surface area contributed by atoms with Crippen molar-refractivity contribution in [3.63, 3.8) is 0 Å². The van der Waals surface area contributed by atoms with Crippen LogP contribution in [0.5, 0.6) is 11.5 Å². The molecule has 0 bridgehead atoms. The van der Waals surface area contributed by atoms with Crippen LogP contribution in [0, 0.1) is 0 Å². The van der Waals surface area contributed by atoms with Crippen LogP contribution in [0.25, 0.3) is 11.5 Å². The summed E-state index contributed by atoms with van der Waals surface area (Å²) in [5.74, 6) is 1.56. The molecule has 0 amide bonds. The maximum Gasteiger partial charge on any atom is 0.304 e. The first-order valence-electron chi connectivity index (χ1n) is 10.2. The number of fused-ring (bicyclic) bond motifs is 2. The van der Waals surface area contributed by atoms with Crippen LogP contribution in [0.2, 0.25) is 0 Å². The Morgan fingerprint density at radius 3 is 2.87 bits per heavy atom. The van der Waals surface area contributed by atoms with Crippen molar-refractivity contribution in [2.75, 3.05) is 31.2 Å². The van der Waals surface area contributed by atoms with E-state index in [2.05, 4.69) is 27.6 Å². The highest BCUT2D eigenvalue weighted by Crippen LogP contribution is 2.37. The Bertz CT molecular complexity index is 1110. The lowest BCUT2D eigenvalue weighted by atomic mass is 10.1. The lowest BCUT2D eigenvalue weighted by Gasteiger charge is -2.18. The van der Waals surface area contributed by atoms with Crippen LogP contribution in [0.4, 0.5) is 11.6 Å². The molecule has 9 heteroatoms. The fourth-order valence-corrected chi connectivity index (χ4v) is 3.82. The van der Waals surface area contributed by atoms with Gasteiger partial charge in [0.05, 0.1) is 6.42 Å². The van der Waals surface area contributed by atoms with Gasteiger partial charge in [-0.25, -0.2) is 0 Å². The molecule has 5 rings (SSSR count). The molecule has 0 unspecified atom stereocenters. The van der Waals surface area contributed by atoms with Crippen molar-refractivity contribution in [3.8, 4) is 23.0 Å². The molecular formula is C22H22N4O5. The quantitative estimate of drug-likeness (QED) is 0.555. The molecule has 31 heavy (non-hydrogen) atoms. The minimum absolute atomic E-state index is 0.113. The van der Waals surface area contributed by atoms with E-state index >= 15 is 0 Å². The number of carboxylic acids is 1. The summed E-state index contributed by atoms with van der Waals surface area (Å²) >= 11 is 0. The first-order chi connectivity index (χ1) is 15.2. The second-order valence-electron chi connectivity index (χ2n) is 7.44. The minimum Gasteiger partial charge on any atom is -0.486 e. The molecule has 0 saturated carbocycles. The van der Waals surface area contributed by atoms with Crippen molar-refractivity contribution in [2.24, 2.45) is 0 Å². The van der Waals surface area contributed by atoms with Crippen LogP contribution in [0.15, 0.2) is 40.9 Å². The summed E-state index contributed by atoms with van der Waals surface area (Å²) in [7, 11) is 0. The molecule has 0 saturated heterocycles. The zero-order chi connectivity index (χ0) is 21.2. The van der Waals surface area contributed by atoms with Gasteiger partial charge >= 0.3 is 5.97 Å². The third-order valence-electron chi connectivity index (χ3n) is 5.33. The van der Waals surface area contributed by atoms with Crippen molar-refractivity contribution in [1.29, 1.82) is 0 Å². The van der Waals surface area contributed by atoms with E-state index in [-0.39, 0.29) is 6.42 Å². The van der Waals surface area contributed by atoms with Gasteiger partial charge in [-0.1, -0.05) is 12.1 Å². The second-order valence-corrected chi connectivity index (χ2v) is 7.44. The minimum atomic E-state index is -0.798. The summed E-state index contributed by atoms with van der Waals surface area (Å²) in [6.45, 7) is 2.92. The molecule has 2 aliphatic rings. The molecule has 160 valence electrons. The van der Waals surface area contributed by atoms with Crippen LogP contribution in [-0.2, 0) is 17.8 Å². The number of hydrogen-bond acceptors (Lipinski definition) is 8. The van der Waals surface area contributed by atoms with Gasteiger partial charge in [-0.2, -0.15) is 4.98 Å². The number of hydrogen-bond donors (Lipinski definition) is 2. The first-order valence-corrected chi connectivity index (χ1v) is 10.2. The van der Waals surface area contributed by atoms with Gasteiger partial charge in [0.25, 0.3) is 11.8 Å². The van der Waals surface area contributed by atoms with Crippen molar-refractivity contribution in [1.82, 2.24) is 15.5 Å². The average Bonchev–Trinajstić information content (AvgIpc) is 3.43. The van der Waals surface area contributed by atoms with Crippen LogP contribution in [0.1, 0.15) is 17.5 Å². The number of carboxylic acid groups (broad SMARTS) is 1. The highest BCUT2D eigenvalue weighted by Gasteiger charge is 2.25. The monoisotopic (exact) mass is 422 g/mol. The Morgan fingerprint density at radius 2 is 2.00 bits per heavy atom. The normalized spacial score (nSPS) is 14.5. The molecule has 0 fully saturated rings. The van der Waals surface area contributed by atoms with E-state index in [0.29, 0.717) is 43.9 Å². The summed E-state index contributed by atoms with van der Waals surface area (Å²) in [5.41, 5.74) is 4.17. The third kappa shape index (κ3) is 4.04. The molecule has 3 aromatic rings. The summed E-state index contributed by atoms with van der Waals surface area (Å²) in [4.78, 5) is 17.3. The maximum absolute atomic E-state index is 10.6. The van der Waals surface area contributed by atoms with Crippen LogP contribution in [-0.4, -0.2) is 47.5 Å². The zero-order valence-electron chi connectivity index (χ0n) is 16.8. The molecular weight excluding hydrogens is 400 g/mol. The van der Waals surface area contributed by atoms with Gasteiger partial charge in [-0.15, -0.1) is 0 Å². The van der Waals surface area contributed by atoms with Gasteiger partial charge in [-0.05, 0) is 47.0 Å². The molecule has 2 aromatic carbocycles. The Morgan fingerprint density at radius 1 is 1.13 bits per heavy atom. The fourth-order valence-electron chi connectivity index (χ4n) is 3.82. The predicted octanol–water partition coefficient (Wildman–Crippen LogP) is 2.77. The summed E-state index contributed by atoms with van der Waals surface area (Å²) in [6.07, 6.45) is 0.994. The number of nitrogens with zero attached hydrogens (tertiary/aromatic N) is 3. The van der Waals surface area contributed by atoms with E-state index in [4.69, 9.17) is 19.1 Å². The van der Waals surface area contributed by atoms with Crippen molar-refractivity contribution in [3.05, 3.63) is 47.5 Å². The predicted molar refractivity (Wildman–Crippen MR) is 112 cm³/mol. The smallest absolute Gasteiger partial charge is 0.304 e. The van der Waals surface area contributed by atoms with Gasteiger partial charge in [-0.3, -0.25) is 4.79 Å². The van der Waals surface area contributed by atoms with Crippen LogP contribution < -0.4 is 19.7 Å². The number of nitrogens with one attached hydrogen (secondary N) is 1. The standard InChI is InChI=1S/C22H22N4O5/c27-20(28)5-7-23-13-14-1-3-17-15(11-14)6-8-26(17)22-24-21(31-25-22)16-2-4-18-19(12-16)30-10-9-29-18/h1-4,11-12,23H,5-10,13H2,(H,27,28). The SMILES string of the molecule is O=C(O)CCNCc1ccc2c(c1)CCN2c1noc(-c2ccc3c(c2)OCCO3)n1. The van der Waals surface area contributed by atoms with Crippen molar-refractivity contribution < 1.29 is 23.9 Å². The first kappa shape index (κ1) is 19.4. The molecule has 0 atom stereocenters. The number of aromatic nitrogens is 2. The van der Waals surface area contributed by atoms with Gasteiger partial charge in [0.1, 0.15) is 13.2 Å².